The number of hydrogen-bond acceptors (Lipinski definition) is 2. The molecule has 4 aliphatic rings. The summed E-state index contributed by atoms with van der Waals surface area (Å²) in [5.41, 5.74) is 0. The van der Waals surface area contributed by atoms with Crippen LogP contribution < -0.4 is 0 Å². The van der Waals surface area contributed by atoms with Crippen molar-refractivity contribution < 1.29 is 0 Å². The summed E-state index contributed by atoms with van der Waals surface area (Å²) in [7, 11) is 0. The van der Waals surface area contributed by atoms with E-state index in [1.165, 1.54) is 39.0 Å². The summed E-state index contributed by atoms with van der Waals surface area (Å²) in [5.74, 6) is 3.27. The van der Waals surface area contributed by atoms with Gasteiger partial charge in [-0.25, -0.2) is 0 Å². The molecule has 0 N–H and O–H groups in total. The number of fused-ring (bicyclic) bond motifs is 3. The standard InChI is InChI=1S/C16H28N2/c1-12-9-17-6-2-3-16(17)11-18(12)10-15-8-13-4-5-14(15)7-13/h12-16H,2-11H2,1H3. The maximum atomic E-state index is 2.85. The van der Waals surface area contributed by atoms with E-state index < -0.39 is 0 Å². The molecule has 0 aromatic heterocycles. The number of rotatable bonds is 2. The molecule has 2 nitrogen and oxygen atoms in total. The van der Waals surface area contributed by atoms with E-state index in [4.69, 9.17) is 0 Å². The van der Waals surface area contributed by atoms with Crippen LogP contribution in [-0.4, -0.2) is 48.1 Å². The molecule has 5 atom stereocenters. The minimum absolute atomic E-state index is 0.804. The average molecular weight is 248 g/mol. The van der Waals surface area contributed by atoms with Crippen LogP contribution in [0.4, 0.5) is 0 Å². The van der Waals surface area contributed by atoms with Gasteiger partial charge in [-0.2, -0.15) is 0 Å². The van der Waals surface area contributed by atoms with Crippen molar-refractivity contribution in [3.8, 4) is 0 Å². The molecule has 4 rings (SSSR count). The van der Waals surface area contributed by atoms with E-state index in [-0.39, 0.29) is 0 Å². The Hall–Kier alpha value is -0.0800. The number of piperazine rings is 1. The predicted octanol–water partition coefficient (Wildman–Crippen LogP) is 2.59. The van der Waals surface area contributed by atoms with Gasteiger partial charge in [0, 0.05) is 31.7 Å². The molecule has 2 aliphatic heterocycles. The predicted molar refractivity (Wildman–Crippen MR) is 74.6 cm³/mol. The zero-order valence-electron chi connectivity index (χ0n) is 11.9. The highest BCUT2D eigenvalue weighted by molar-refractivity contribution is 4.95. The molecule has 0 aromatic rings. The first-order valence-electron chi connectivity index (χ1n) is 8.27. The van der Waals surface area contributed by atoms with E-state index in [9.17, 15) is 0 Å². The molecule has 18 heavy (non-hydrogen) atoms. The highest BCUT2D eigenvalue weighted by atomic mass is 15.3. The zero-order chi connectivity index (χ0) is 12.1. The molecule has 0 spiro atoms. The lowest BCUT2D eigenvalue weighted by Gasteiger charge is -2.44. The van der Waals surface area contributed by atoms with Crippen molar-refractivity contribution in [2.45, 2.75) is 57.5 Å². The Bertz CT molecular complexity index is 316. The van der Waals surface area contributed by atoms with Crippen molar-refractivity contribution >= 4 is 0 Å². The molecule has 2 heteroatoms. The monoisotopic (exact) mass is 248 g/mol. The van der Waals surface area contributed by atoms with Crippen LogP contribution in [0.25, 0.3) is 0 Å². The molecule has 2 saturated heterocycles. The third-order valence-electron chi connectivity index (χ3n) is 6.42. The molecule has 0 radical (unpaired) electrons. The SMILES string of the molecule is CC1CN2CCCC2CN1CC1CC2CCC1C2. The Morgan fingerprint density at radius 2 is 2.00 bits per heavy atom. The molecular formula is C16H28N2. The molecule has 2 saturated carbocycles. The van der Waals surface area contributed by atoms with Crippen molar-refractivity contribution in [2.24, 2.45) is 17.8 Å². The van der Waals surface area contributed by atoms with Crippen molar-refractivity contribution in [1.29, 1.82) is 0 Å². The van der Waals surface area contributed by atoms with E-state index in [0.29, 0.717) is 0 Å². The lowest BCUT2D eigenvalue weighted by Crippen LogP contribution is -2.56. The van der Waals surface area contributed by atoms with Crippen molar-refractivity contribution in [1.82, 2.24) is 9.80 Å². The molecule has 0 aromatic carbocycles. The molecule has 4 fully saturated rings. The summed E-state index contributed by atoms with van der Waals surface area (Å²) < 4.78 is 0. The van der Waals surface area contributed by atoms with Crippen LogP contribution in [0.3, 0.4) is 0 Å². The zero-order valence-corrected chi connectivity index (χ0v) is 11.9. The van der Waals surface area contributed by atoms with Crippen molar-refractivity contribution in [2.75, 3.05) is 26.2 Å². The smallest absolute Gasteiger partial charge is 0.0224 e. The Morgan fingerprint density at radius 1 is 1.06 bits per heavy atom. The number of nitrogens with zero attached hydrogens (tertiary/aromatic N) is 2. The highest BCUT2D eigenvalue weighted by Crippen LogP contribution is 2.48. The fourth-order valence-electron chi connectivity index (χ4n) is 5.40. The highest BCUT2D eigenvalue weighted by Gasteiger charge is 2.42. The van der Waals surface area contributed by atoms with Crippen molar-refractivity contribution in [3.05, 3.63) is 0 Å². The molecule has 2 heterocycles. The van der Waals surface area contributed by atoms with E-state index in [2.05, 4.69) is 16.7 Å². The van der Waals surface area contributed by atoms with Gasteiger partial charge in [0.05, 0.1) is 0 Å². The first kappa shape index (κ1) is 11.7. The van der Waals surface area contributed by atoms with Crippen molar-refractivity contribution in [3.63, 3.8) is 0 Å². The van der Waals surface area contributed by atoms with Crippen LogP contribution in [-0.2, 0) is 0 Å². The summed E-state index contributed by atoms with van der Waals surface area (Å²) in [4.78, 5) is 5.60. The summed E-state index contributed by atoms with van der Waals surface area (Å²) in [6.07, 6.45) is 9.13. The maximum absolute atomic E-state index is 2.85. The molecule has 5 unspecified atom stereocenters. The second kappa shape index (κ2) is 4.49. The Labute approximate surface area is 112 Å². The summed E-state index contributed by atoms with van der Waals surface area (Å²) in [6, 6.07) is 1.71. The van der Waals surface area contributed by atoms with Gasteiger partial charge in [0.1, 0.15) is 0 Å². The van der Waals surface area contributed by atoms with Crippen LogP contribution in [0.1, 0.15) is 45.4 Å². The summed E-state index contributed by atoms with van der Waals surface area (Å²) in [6.45, 7) is 7.96. The first-order valence-corrected chi connectivity index (χ1v) is 8.27. The third-order valence-corrected chi connectivity index (χ3v) is 6.42. The Balaban J connectivity index is 1.39. The Morgan fingerprint density at radius 3 is 2.78 bits per heavy atom. The first-order chi connectivity index (χ1) is 8.79. The minimum atomic E-state index is 0.804. The lowest BCUT2D eigenvalue weighted by atomic mass is 9.88. The topological polar surface area (TPSA) is 6.48 Å². The van der Waals surface area contributed by atoms with Crippen LogP contribution >= 0.6 is 0 Å². The second-order valence-corrected chi connectivity index (χ2v) is 7.53. The van der Waals surface area contributed by atoms with Crippen LogP contribution in [0.15, 0.2) is 0 Å². The summed E-state index contributed by atoms with van der Waals surface area (Å²) >= 11 is 0. The van der Waals surface area contributed by atoms with Gasteiger partial charge >= 0.3 is 0 Å². The maximum Gasteiger partial charge on any atom is 0.0224 e. The number of hydrogen-bond donors (Lipinski definition) is 0. The van der Waals surface area contributed by atoms with Gasteiger partial charge in [0.2, 0.25) is 0 Å². The van der Waals surface area contributed by atoms with Crippen LogP contribution in [0.2, 0.25) is 0 Å². The quantitative estimate of drug-likeness (QED) is 0.741. The van der Waals surface area contributed by atoms with E-state index >= 15 is 0 Å². The van der Waals surface area contributed by atoms with Gasteiger partial charge in [0.25, 0.3) is 0 Å². The molecular weight excluding hydrogens is 220 g/mol. The fourth-order valence-corrected chi connectivity index (χ4v) is 5.40. The third kappa shape index (κ3) is 1.92. The summed E-state index contributed by atoms with van der Waals surface area (Å²) in [5, 5.41) is 0. The van der Waals surface area contributed by atoms with Crippen LogP contribution in [0.5, 0.6) is 0 Å². The average Bonchev–Trinajstić information content (AvgIpc) is 3.04. The normalized spacial score (nSPS) is 48.8. The van der Waals surface area contributed by atoms with E-state index in [1.807, 2.05) is 0 Å². The molecule has 102 valence electrons. The van der Waals surface area contributed by atoms with Gasteiger partial charge in [0.15, 0.2) is 0 Å². The Kier molecular flexibility index (Phi) is 2.92. The minimum Gasteiger partial charge on any atom is -0.298 e. The van der Waals surface area contributed by atoms with Crippen LogP contribution in [0, 0.1) is 17.8 Å². The van der Waals surface area contributed by atoms with Gasteiger partial charge in [-0.05, 0) is 63.3 Å². The van der Waals surface area contributed by atoms with Gasteiger partial charge in [-0.3, -0.25) is 9.80 Å². The van der Waals surface area contributed by atoms with E-state index in [1.54, 1.807) is 25.7 Å². The van der Waals surface area contributed by atoms with Gasteiger partial charge < -0.3 is 0 Å². The molecule has 2 aliphatic carbocycles. The molecule has 2 bridgehead atoms. The fraction of sp³-hybridized carbons (Fsp3) is 1.00. The van der Waals surface area contributed by atoms with E-state index in [0.717, 1.165) is 29.8 Å². The second-order valence-electron chi connectivity index (χ2n) is 7.53. The van der Waals surface area contributed by atoms with Gasteiger partial charge in [-0.1, -0.05) is 6.42 Å². The largest absolute Gasteiger partial charge is 0.298 e. The van der Waals surface area contributed by atoms with Gasteiger partial charge in [-0.15, -0.1) is 0 Å². The molecule has 0 amide bonds. The lowest BCUT2D eigenvalue weighted by molar-refractivity contribution is 0.0409.